The second kappa shape index (κ2) is 30.9. The third-order valence-electron chi connectivity index (χ3n) is 17.0. The number of amides is 6. The SMILES string of the molecule is CO[C@@H]1CN(C(=O)[C@@H](NC(=O)O)C(C)C)[C@](C)(c2ncc(-c3ccc(Br)cc3)[nH]2)C1.CO[C@@H]1CN(C(=O)[C@@H](NC(=O)O)C(C)C)[C@](C)(c2ncc(-c3ccc(Br)cc3)[nH]2)C1.CO[C@@H]1CN(C(=O)[C@@H](NC(=O)O)C(C)C)[C@](C)(c2ncc(-c3ccc(Br)cc3)[nH]2)C1.N. The van der Waals surface area contributed by atoms with Crippen molar-refractivity contribution in [3.05, 3.63) is 122 Å². The van der Waals surface area contributed by atoms with Crippen molar-refractivity contribution in [3.8, 4) is 33.8 Å². The van der Waals surface area contributed by atoms with E-state index in [9.17, 15) is 44.1 Å². The van der Waals surface area contributed by atoms with Crippen molar-refractivity contribution < 1.29 is 58.3 Å². The second-order valence-corrected chi connectivity index (χ2v) is 27.1. The maximum atomic E-state index is 13.4. The van der Waals surface area contributed by atoms with Crippen molar-refractivity contribution in [2.75, 3.05) is 41.0 Å². The highest BCUT2D eigenvalue weighted by atomic mass is 79.9. The first-order chi connectivity index (χ1) is 42.5. The summed E-state index contributed by atoms with van der Waals surface area (Å²) in [6.07, 6.45) is 2.76. The van der Waals surface area contributed by atoms with Crippen LogP contribution in [0.4, 0.5) is 14.4 Å². The number of hydrogen-bond acceptors (Lipinski definition) is 13. The Morgan fingerprint density at radius 1 is 0.462 bits per heavy atom. The van der Waals surface area contributed by atoms with Gasteiger partial charge in [0, 0.05) is 73.6 Å². The van der Waals surface area contributed by atoms with E-state index in [4.69, 9.17) is 14.2 Å². The summed E-state index contributed by atoms with van der Waals surface area (Å²) in [5.41, 5.74) is 3.21. The van der Waals surface area contributed by atoms with E-state index in [0.29, 0.717) is 56.4 Å². The number of halogens is 3. The molecule has 3 aromatic carbocycles. The Labute approximate surface area is 554 Å². The molecule has 3 aliphatic heterocycles. The molecule has 25 nitrogen and oxygen atoms in total. The van der Waals surface area contributed by atoms with Crippen LogP contribution in [-0.2, 0) is 45.2 Å². The summed E-state index contributed by atoms with van der Waals surface area (Å²) in [4.78, 5) is 103. The van der Waals surface area contributed by atoms with Crippen LogP contribution in [0.3, 0.4) is 0 Å². The van der Waals surface area contributed by atoms with Gasteiger partial charge in [-0.05, 0) is 91.6 Å². The Hall–Kier alpha value is -7.21. The Bertz CT molecular complexity index is 3100. The molecule has 494 valence electrons. The molecule has 0 aliphatic carbocycles. The smallest absolute Gasteiger partial charge is 0.405 e. The summed E-state index contributed by atoms with van der Waals surface area (Å²) < 4.78 is 19.6. The molecule has 3 aromatic heterocycles. The van der Waals surface area contributed by atoms with Crippen LogP contribution in [0.5, 0.6) is 0 Å². The molecule has 12 N–H and O–H groups in total. The lowest BCUT2D eigenvalue weighted by atomic mass is 9.95. The maximum absolute atomic E-state index is 13.4. The van der Waals surface area contributed by atoms with Gasteiger partial charge in [0.15, 0.2) is 0 Å². The molecule has 91 heavy (non-hydrogen) atoms. The lowest BCUT2D eigenvalue weighted by Gasteiger charge is -2.36. The Balaban J connectivity index is 0.000000216. The zero-order chi connectivity index (χ0) is 66.2. The van der Waals surface area contributed by atoms with Crippen LogP contribution >= 0.6 is 47.8 Å². The van der Waals surface area contributed by atoms with Crippen molar-refractivity contribution in [2.24, 2.45) is 17.8 Å². The molecule has 3 saturated heterocycles. The van der Waals surface area contributed by atoms with Gasteiger partial charge in [-0.2, -0.15) is 0 Å². The van der Waals surface area contributed by atoms with E-state index in [-0.39, 0.29) is 59.9 Å². The van der Waals surface area contributed by atoms with Crippen LogP contribution in [0.25, 0.3) is 33.8 Å². The number of hydrogen-bond donors (Lipinski definition) is 10. The molecule has 9 atom stereocenters. The summed E-state index contributed by atoms with van der Waals surface area (Å²) in [7, 11) is 4.84. The summed E-state index contributed by atoms with van der Waals surface area (Å²) in [5.74, 6) is 0.490. The first kappa shape index (κ1) is 72.8. The predicted octanol–water partition coefficient (Wildman–Crippen LogP) is 10.9. The zero-order valence-corrected chi connectivity index (χ0v) is 57.9. The van der Waals surface area contributed by atoms with Gasteiger partial charge in [-0.25, -0.2) is 29.3 Å². The summed E-state index contributed by atoms with van der Waals surface area (Å²) in [5, 5.41) is 34.7. The number of ether oxygens (including phenoxy) is 3. The first-order valence-corrected chi connectivity index (χ1v) is 31.8. The Morgan fingerprint density at radius 2 is 0.681 bits per heavy atom. The van der Waals surface area contributed by atoms with Gasteiger partial charge in [-0.3, -0.25) is 14.4 Å². The maximum Gasteiger partial charge on any atom is 0.405 e. The largest absolute Gasteiger partial charge is 0.465 e. The van der Waals surface area contributed by atoms with E-state index in [1.165, 1.54) is 0 Å². The number of rotatable bonds is 18. The highest BCUT2D eigenvalue weighted by molar-refractivity contribution is 9.11. The number of benzene rings is 3. The van der Waals surface area contributed by atoms with Crippen molar-refractivity contribution in [3.63, 3.8) is 0 Å². The van der Waals surface area contributed by atoms with E-state index in [1.54, 1.807) is 54.6 Å². The molecule has 3 aliphatic rings. The van der Waals surface area contributed by atoms with Crippen LogP contribution in [0.15, 0.2) is 105 Å². The number of H-pyrrole nitrogens is 3. The highest BCUT2D eigenvalue weighted by Gasteiger charge is 2.53. The molecular formula is C63H84Br3N13O12. The molecule has 6 heterocycles. The van der Waals surface area contributed by atoms with Crippen molar-refractivity contribution in [1.82, 2.24) is 66.7 Å². The van der Waals surface area contributed by atoms with Crippen LogP contribution in [0, 0.1) is 17.8 Å². The zero-order valence-electron chi connectivity index (χ0n) is 53.1. The van der Waals surface area contributed by atoms with Gasteiger partial charge in [0.05, 0.1) is 54.0 Å². The van der Waals surface area contributed by atoms with Crippen molar-refractivity contribution >= 4 is 83.8 Å². The highest BCUT2D eigenvalue weighted by Crippen LogP contribution is 2.43. The van der Waals surface area contributed by atoms with Gasteiger partial charge in [0.1, 0.15) is 52.2 Å². The Morgan fingerprint density at radius 3 is 0.868 bits per heavy atom. The third-order valence-corrected chi connectivity index (χ3v) is 18.6. The van der Waals surface area contributed by atoms with Gasteiger partial charge >= 0.3 is 18.3 Å². The number of imidazole rings is 3. The fourth-order valence-electron chi connectivity index (χ4n) is 11.8. The summed E-state index contributed by atoms with van der Waals surface area (Å²) >= 11 is 10.3. The minimum atomic E-state index is -1.22. The number of aromatic amines is 3. The second-order valence-electron chi connectivity index (χ2n) is 24.3. The lowest BCUT2D eigenvalue weighted by Crippen LogP contribution is -2.55. The standard InChI is InChI=1S/3C21H27BrN4O4.H3N/c3*1-12(2)17(25-20(28)29)18(27)26-11-15(30-4)9-21(26,3)19-23-10-16(24-19)13-5-7-14(22)8-6-13;/h3*5-8,10,12,15,17,25H,9,11H2,1-4H3,(H,23,24)(H,28,29);1H3/t3*15-,17-,21-;/m000./s1. The van der Waals surface area contributed by atoms with Crippen LogP contribution in [0.1, 0.15) is 99.0 Å². The summed E-state index contributed by atoms with van der Waals surface area (Å²) in [6.45, 7) is 17.8. The van der Waals surface area contributed by atoms with E-state index < -0.39 is 53.0 Å². The van der Waals surface area contributed by atoms with E-state index in [0.717, 1.165) is 47.2 Å². The normalized spacial score (nSPS) is 22.1. The number of carboxylic acid groups (broad SMARTS) is 3. The van der Waals surface area contributed by atoms with E-state index >= 15 is 0 Å². The summed E-state index contributed by atoms with van der Waals surface area (Å²) in [6, 6.07) is 21.0. The van der Waals surface area contributed by atoms with Gasteiger partial charge in [0.25, 0.3) is 0 Å². The predicted molar refractivity (Wildman–Crippen MR) is 353 cm³/mol. The van der Waals surface area contributed by atoms with Gasteiger partial charge in [-0.1, -0.05) is 126 Å². The van der Waals surface area contributed by atoms with Crippen molar-refractivity contribution in [2.45, 2.75) is 135 Å². The number of nitrogens with zero attached hydrogens (tertiary/aromatic N) is 6. The molecule has 28 heteroatoms. The molecule has 6 aromatic rings. The van der Waals surface area contributed by atoms with Crippen LogP contribution < -0.4 is 22.1 Å². The van der Waals surface area contributed by atoms with Gasteiger partial charge in [0.2, 0.25) is 17.7 Å². The minimum Gasteiger partial charge on any atom is -0.465 e. The number of carbonyl (C=O) groups is 6. The minimum absolute atomic E-state index is 0. The van der Waals surface area contributed by atoms with Gasteiger partial charge < -0.3 is 81.3 Å². The van der Waals surface area contributed by atoms with E-state index in [1.807, 2.05) is 135 Å². The molecule has 6 amide bonds. The number of nitrogens with one attached hydrogen (secondary N) is 6. The molecule has 0 saturated carbocycles. The molecular weight excluding hydrogens is 1370 g/mol. The fraction of sp³-hybridized carbons (Fsp3) is 0.476. The molecule has 0 radical (unpaired) electrons. The molecule has 0 unspecified atom stereocenters. The lowest BCUT2D eigenvalue weighted by molar-refractivity contribution is -0.139. The number of likely N-dealkylation sites (tertiary alicyclic amines) is 3. The fourth-order valence-corrected chi connectivity index (χ4v) is 12.6. The first-order valence-electron chi connectivity index (χ1n) is 29.4. The topological polar surface area (TPSA) is 358 Å². The van der Waals surface area contributed by atoms with E-state index in [2.05, 4.69) is 93.6 Å². The molecule has 9 rings (SSSR count). The molecule has 3 fully saturated rings. The van der Waals surface area contributed by atoms with Crippen molar-refractivity contribution in [1.29, 1.82) is 0 Å². The quantitative estimate of drug-likeness (QED) is 0.0382. The average molecular weight is 1460 g/mol. The van der Waals surface area contributed by atoms with Crippen LogP contribution in [-0.4, -0.2) is 173 Å². The monoisotopic (exact) mass is 1450 g/mol. The third kappa shape index (κ3) is 16.9. The number of aromatic nitrogens is 6. The molecule has 0 bridgehead atoms. The molecule has 0 spiro atoms. The van der Waals surface area contributed by atoms with Gasteiger partial charge in [-0.15, -0.1) is 0 Å². The average Bonchev–Trinajstić information content (AvgIpc) is 1.65. The Kier molecular flexibility index (Phi) is 24.8. The van der Waals surface area contributed by atoms with Crippen LogP contribution in [0.2, 0.25) is 0 Å². The number of carbonyl (C=O) groups excluding carboxylic acids is 3. The number of methoxy groups -OCH3 is 3.